The highest BCUT2D eigenvalue weighted by molar-refractivity contribution is 6.34. The molecule has 0 radical (unpaired) electrons. The van der Waals surface area contributed by atoms with Crippen molar-refractivity contribution in [2.45, 2.75) is 32.6 Å². The number of aromatic amines is 1. The van der Waals surface area contributed by atoms with E-state index >= 15 is 0 Å². The summed E-state index contributed by atoms with van der Waals surface area (Å²) < 4.78 is 48.1. The topological polar surface area (TPSA) is 86.5 Å². The summed E-state index contributed by atoms with van der Waals surface area (Å²) in [4.78, 5) is 29.7. The van der Waals surface area contributed by atoms with E-state index < -0.39 is 29.3 Å². The molecular weight excluding hydrogens is 437 g/mol. The van der Waals surface area contributed by atoms with Gasteiger partial charge in [-0.1, -0.05) is 0 Å². The smallest absolute Gasteiger partial charge is 0.411 e. The summed E-state index contributed by atoms with van der Waals surface area (Å²) in [6.07, 6.45) is 2.62. The number of alkyl halides is 2. The minimum atomic E-state index is -3.35. The van der Waals surface area contributed by atoms with Crippen molar-refractivity contribution >= 4 is 35.0 Å². The van der Waals surface area contributed by atoms with Gasteiger partial charge in [-0.2, -0.15) is 0 Å². The quantitative estimate of drug-likeness (QED) is 0.543. The number of aromatic nitrogens is 1. The molecule has 4 rings (SSSR count). The van der Waals surface area contributed by atoms with Gasteiger partial charge in [0.25, 0.3) is 11.8 Å². The van der Waals surface area contributed by atoms with Gasteiger partial charge in [0.15, 0.2) is 0 Å². The Hall–Kier alpha value is -3.27. The van der Waals surface area contributed by atoms with Crippen LogP contribution in [0.25, 0.3) is 11.6 Å². The Morgan fingerprint density at radius 1 is 1.30 bits per heavy atom. The molecule has 0 bridgehead atoms. The summed E-state index contributed by atoms with van der Waals surface area (Å²) in [6.45, 7) is 4.86. The van der Waals surface area contributed by atoms with Crippen molar-refractivity contribution in [3.05, 3.63) is 46.5 Å². The Balaban J connectivity index is 1.60. The summed E-state index contributed by atoms with van der Waals surface area (Å²) in [7, 11) is 0. The number of benzene rings is 1. The number of carbonyl (C=O) groups excluding carboxylic acids is 2. The van der Waals surface area contributed by atoms with Crippen LogP contribution in [-0.2, 0) is 15.5 Å². The van der Waals surface area contributed by atoms with E-state index in [-0.39, 0.29) is 34.8 Å². The number of rotatable bonds is 6. The lowest BCUT2D eigenvalue weighted by Crippen LogP contribution is -2.26. The van der Waals surface area contributed by atoms with Crippen LogP contribution in [0.4, 0.5) is 29.3 Å². The van der Waals surface area contributed by atoms with Crippen LogP contribution in [0, 0.1) is 12.7 Å². The zero-order chi connectivity index (χ0) is 23.8. The van der Waals surface area contributed by atoms with Crippen LogP contribution in [0.1, 0.15) is 42.3 Å². The average molecular weight is 462 g/mol. The highest BCUT2D eigenvalue weighted by Gasteiger charge is 2.35. The Labute approximate surface area is 189 Å². The molecule has 10 heteroatoms. The molecule has 176 valence electrons. The molecule has 1 fully saturated rings. The van der Waals surface area contributed by atoms with E-state index in [4.69, 9.17) is 4.74 Å². The Morgan fingerprint density at radius 3 is 2.73 bits per heavy atom. The van der Waals surface area contributed by atoms with Crippen molar-refractivity contribution in [2.75, 3.05) is 36.9 Å². The fourth-order valence-corrected chi connectivity index (χ4v) is 4.23. The number of hydrogen-bond acceptors (Lipinski definition) is 4. The number of carbonyl (C=O) groups is 2. The first-order chi connectivity index (χ1) is 15.6. The third-order valence-corrected chi connectivity index (χ3v) is 5.78. The summed E-state index contributed by atoms with van der Waals surface area (Å²) >= 11 is 0. The van der Waals surface area contributed by atoms with Crippen LogP contribution in [0.5, 0.6) is 0 Å². The van der Waals surface area contributed by atoms with E-state index in [1.165, 1.54) is 25.1 Å². The van der Waals surface area contributed by atoms with Crippen LogP contribution in [0.2, 0.25) is 0 Å². The molecule has 2 amide bonds. The van der Waals surface area contributed by atoms with Crippen LogP contribution >= 0.6 is 0 Å². The number of anilines is 2. The molecule has 0 unspecified atom stereocenters. The Morgan fingerprint density at radius 2 is 2.03 bits per heavy atom. The maximum atomic E-state index is 14.6. The SMILES string of the molecule is Cc1[nH]c(/C=C2\C(=O)Nc3ccc(F)cc32)c(C(C)(F)F)c1NC(=O)OCCN1CCCC1. The third kappa shape index (κ3) is 4.90. The number of H-pyrrole nitrogens is 1. The number of likely N-dealkylation sites (tertiary alicyclic amines) is 1. The van der Waals surface area contributed by atoms with Crippen LogP contribution in [0.3, 0.4) is 0 Å². The maximum Gasteiger partial charge on any atom is 0.411 e. The molecule has 33 heavy (non-hydrogen) atoms. The number of halogens is 3. The van der Waals surface area contributed by atoms with Crippen molar-refractivity contribution in [3.63, 3.8) is 0 Å². The summed E-state index contributed by atoms with van der Waals surface area (Å²) in [5.74, 6) is -4.45. The standard InChI is InChI=1S/C23H25F3N4O3/c1-13-20(29-22(32)33-10-9-30-7-3-4-8-30)19(23(2,25)26)18(27-13)12-16-15-11-14(24)5-6-17(15)28-21(16)31/h5-6,11-12,27H,3-4,7-10H2,1-2H3,(H,28,31)(H,29,32)/b16-12-. The van der Waals surface area contributed by atoms with Crippen molar-refractivity contribution in [1.29, 1.82) is 0 Å². The molecular formula is C23H25F3N4O3. The normalized spacial score (nSPS) is 17.4. The molecule has 0 saturated carbocycles. The number of fused-ring (bicyclic) bond motifs is 1. The van der Waals surface area contributed by atoms with Gasteiger partial charge in [-0.3, -0.25) is 15.0 Å². The van der Waals surface area contributed by atoms with E-state index in [1.54, 1.807) is 0 Å². The summed E-state index contributed by atoms with van der Waals surface area (Å²) in [5.41, 5.74) is 0.313. The van der Waals surface area contributed by atoms with Gasteiger partial charge in [-0.15, -0.1) is 0 Å². The van der Waals surface area contributed by atoms with Crippen LogP contribution in [-0.4, -0.2) is 48.1 Å². The minimum Gasteiger partial charge on any atom is -0.448 e. The molecule has 0 spiro atoms. The highest BCUT2D eigenvalue weighted by Crippen LogP contribution is 2.41. The molecule has 1 aromatic carbocycles. The largest absolute Gasteiger partial charge is 0.448 e. The molecule has 7 nitrogen and oxygen atoms in total. The molecule has 1 saturated heterocycles. The van der Waals surface area contributed by atoms with E-state index in [1.807, 2.05) is 0 Å². The maximum absolute atomic E-state index is 14.6. The average Bonchev–Trinajstić information content (AvgIpc) is 3.42. The molecule has 0 atom stereocenters. The number of hydrogen-bond donors (Lipinski definition) is 3. The lowest BCUT2D eigenvalue weighted by Gasteiger charge is -2.16. The number of nitrogens with zero attached hydrogens (tertiary/aromatic N) is 1. The van der Waals surface area contributed by atoms with Crippen molar-refractivity contribution in [1.82, 2.24) is 9.88 Å². The summed E-state index contributed by atoms with van der Waals surface area (Å²) in [6, 6.07) is 3.77. The predicted octanol–water partition coefficient (Wildman–Crippen LogP) is 4.71. The van der Waals surface area contributed by atoms with Crippen LogP contribution in [0.15, 0.2) is 18.2 Å². The molecule has 2 aromatic rings. The van der Waals surface area contributed by atoms with Crippen molar-refractivity contribution < 1.29 is 27.5 Å². The van der Waals surface area contributed by atoms with Gasteiger partial charge >= 0.3 is 6.09 Å². The van der Waals surface area contributed by atoms with Gasteiger partial charge < -0.3 is 15.0 Å². The molecule has 3 N–H and O–H groups in total. The Kier molecular flexibility index (Phi) is 6.20. The molecule has 3 heterocycles. The van der Waals surface area contributed by atoms with E-state index in [2.05, 4.69) is 20.5 Å². The fourth-order valence-electron chi connectivity index (χ4n) is 4.23. The minimum absolute atomic E-state index is 0.0380. The third-order valence-electron chi connectivity index (χ3n) is 5.78. The number of ether oxygens (including phenoxy) is 1. The number of nitrogens with one attached hydrogen (secondary N) is 3. The van der Waals surface area contributed by atoms with Gasteiger partial charge in [-0.05, 0) is 57.1 Å². The highest BCUT2D eigenvalue weighted by atomic mass is 19.3. The molecule has 0 aliphatic carbocycles. The van der Waals surface area contributed by atoms with Gasteiger partial charge in [-0.25, -0.2) is 18.0 Å². The first-order valence-electron chi connectivity index (χ1n) is 10.7. The monoisotopic (exact) mass is 462 g/mol. The zero-order valence-electron chi connectivity index (χ0n) is 18.4. The Bertz CT molecular complexity index is 1110. The van der Waals surface area contributed by atoms with Gasteiger partial charge in [0, 0.05) is 30.4 Å². The van der Waals surface area contributed by atoms with E-state index in [9.17, 15) is 22.8 Å². The van der Waals surface area contributed by atoms with Crippen molar-refractivity contribution in [3.8, 4) is 0 Å². The molecule has 1 aromatic heterocycles. The second kappa shape index (κ2) is 8.93. The molecule has 2 aliphatic heterocycles. The zero-order valence-corrected chi connectivity index (χ0v) is 18.4. The second-order valence-electron chi connectivity index (χ2n) is 8.31. The molecule has 2 aliphatic rings. The first-order valence-corrected chi connectivity index (χ1v) is 10.7. The van der Waals surface area contributed by atoms with Gasteiger partial charge in [0.05, 0.1) is 22.5 Å². The van der Waals surface area contributed by atoms with Gasteiger partial charge in [0.1, 0.15) is 12.4 Å². The van der Waals surface area contributed by atoms with Crippen LogP contribution < -0.4 is 10.6 Å². The lowest BCUT2D eigenvalue weighted by molar-refractivity contribution is -0.110. The van der Waals surface area contributed by atoms with Crippen molar-refractivity contribution in [2.24, 2.45) is 0 Å². The lowest BCUT2D eigenvalue weighted by atomic mass is 10.0. The second-order valence-corrected chi connectivity index (χ2v) is 8.31. The van der Waals surface area contributed by atoms with E-state index in [0.717, 1.165) is 32.0 Å². The predicted molar refractivity (Wildman–Crippen MR) is 119 cm³/mol. The summed E-state index contributed by atoms with van der Waals surface area (Å²) in [5, 5.41) is 5.00. The first kappa shape index (κ1) is 22.9. The van der Waals surface area contributed by atoms with Gasteiger partial charge in [0.2, 0.25) is 0 Å². The number of aryl methyl sites for hydroxylation is 1. The fraction of sp³-hybridized carbons (Fsp3) is 0.391. The number of amides is 2. The van der Waals surface area contributed by atoms with E-state index in [0.29, 0.717) is 19.2 Å².